The predicted octanol–water partition coefficient (Wildman–Crippen LogP) is 5.74. The minimum Gasteiger partial charge on any atom is -0.481 e. The molecule has 0 spiro atoms. The van der Waals surface area contributed by atoms with Crippen LogP contribution in [0, 0.1) is 24.5 Å². The first-order valence-electron chi connectivity index (χ1n) is 17.1. The van der Waals surface area contributed by atoms with E-state index < -0.39 is 76.6 Å². The normalized spacial score (nSPS) is 19.5. The number of carbonyl (C=O) groups excluding carboxylic acids is 1. The minimum absolute atomic E-state index is 0.00775. The highest BCUT2D eigenvalue weighted by molar-refractivity contribution is 5.85. The molecule has 4 heterocycles. The van der Waals surface area contributed by atoms with Crippen molar-refractivity contribution in [3.05, 3.63) is 104 Å². The molecule has 2 aliphatic heterocycles. The van der Waals surface area contributed by atoms with Gasteiger partial charge in [0.15, 0.2) is 0 Å². The molecule has 2 N–H and O–H groups in total. The standard InChI is InChI=1S/C37H35F6N5O5/c1-19-8-23-10-26(33(19)40)30(12-32(50)51)44-35(52)34(48-14-22(6-7-46-15-24(38)16-46)28(11-31(48)49)37(41,42)43)25-9-21(4-5-29(25)39)18-53-36-27(23)17-47(45-36)13-20-2-3-20/h4-5,8-11,14,17,20,24,30,34H,2-3,6-7,12-13,15-16,18H2,1H3,(H,44,52)(H,50,51)/t30-,34+/m1/s1. The van der Waals surface area contributed by atoms with Crippen molar-refractivity contribution in [2.75, 3.05) is 19.6 Å². The Bertz CT molecular complexity index is 2140. The number of fused-ring (bicyclic) bond motifs is 6. The number of nitrogens with zero attached hydrogens (tertiary/aromatic N) is 4. The Morgan fingerprint density at radius 1 is 1.06 bits per heavy atom. The lowest BCUT2D eigenvalue weighted by molar-refractivity contribution is -0.139. The highest BCUT2D eigenvalue weighted by Gasteiger charge is 2.38. The van der Waals surface area contributed by atoms with E-state index in [-0.39, 0.29) is 49.7 Å². The molecule has 1 saturated heterocycles. The number of halogens is 6. The molecule has 0 radical (unpaired) electrons. The average molecular weight is 744 g/mol. The van der Waals surface area contributed by atoms with Gasteiger partial charge in [-0.2, -0.15) is 13.2 Å². The van der Waals surface area contributed by atoms with E-state index in [1.54, 1.807) is 15.8 Å². The topological polar surface area (TPSA) is 119 Å². The van der Waals surface area contributed by atoms with Gasteiger partial charge >= 0.3 is 12.1 Å². The Hall–Kier alpha value is -5.12. The summed E-state index contributed by atoms with van der Waals surface area (Å²) in [5, 5.41) is 17.0. The second-order valence-electron chi connectivity index (χ2n) is 14.0. The smallest absolute Gasteiger partial charge is 0.416 e. The van der Waals surface area contributed by atoms with E-state index in [1.165, 1.54) is 31.2 Å². The van der Waals surface area contributed by atoms with Crippen molar-refractivity contribution in [2.24, 2.45) is 5.92 Å². The zero-order valence-electron chi connectivity index (χ0n) is 28.4. The first kappa shape index (κ1) is 36.2. The molecule has 1 amide bonds. The first-order valence-corrected chi connectivity index (χ1v) is 17.1. The molecule has 1 aliphatic carbocycles. The van der Waals surface area contributed by atoms with Crippen LogP contribution in [-0.2, 0) is 35.3 Å². The molecule has 2 atom stereocenters. The van der Waals surface area contributed by atoms with Crippen LogP contribution in [0.25, 0.3) is 11.1 Å². The summed E-state index contributed by atoms with van der Waals surface area (Å²) < 4.78 is 96.4. The summed E-state index contributed by atoms with van der Waals surface area (Å²) >= 11 is 0. The van der Waals surface area contributed by atoms with Crippen LogP contribution >= 0.6 is 0 Å². The van der Waals surface area contributed by atoms with E-state index in [2.05, 4.69) is 10.4 Å². The lowest BCUT2D eigenvalue weighted by atomic mass is 9.94. The van der Waals surface area contributed by atoms with Gasteiger partial charge in [0.1, 0.15) is 30.5 Å². The summed E-state index contributed by atoms with van der Waals surface area (Å²) in [6.45, 7) is 1.91. The van der Waals surface area contributed by atoms with Crippen LogP contribution in [0.1, 0.15) is 64.7 Å². The summed E-state index contributed by atoms with van der Waals surface area (Å²) in [7, 11) is 0. The van der Waals surface area contributed by atoms with E-state index in [4.69, 9.17) is 4.74 Å². The quantitative estimate of drug-likeness (QED) is 0.221. The van der Waals surface area contributed by atoms with Crippen molar-refractivity contribution in [3.63, 3.8) is 0 Å². The minimum atomic E-state index is -4.98. The van der Waals surface area contributed by atoms with Crippen molar-refractivity contribution >= 4 is 11.9 Å². The maximum absolute atomic E-state index is 16.0. The number of ether oxygens (including phenoxy) is 1. The number of alkyl halides is 4. The molecule has 7 rings (SSSR count). The van der Waals surface area contributed by atoms with Gasteiger partial charge in [-0.15, -0.1) is 5.10 Å². The third kappa shape index (κ3) is 7.68. The van der Waals surface area contributed by atoms with Crippen LogP contribution in [0.4, 0.5) is 26.3 Å². The molecule has 53 heavy (non-hydrogen) atoms. The van der Waals surface area contributed by atoms with Gasteiger partial charge in [0.05, 0.1) is 23.6 Å². The maximum atomic E-state index is 16.0. The fraction of sp³-hybridized carbons (Fsp3) is 0.405. The molecule has 2 aromatic heterocycles. The number of nitrogens with one attached hydrogen (secondary N) is 1. The summed E-state index contributed by atoms with van der Waals surface area (Å²) in [4.78, 5) is 41.6. The van der Waals surface area contributed by atoms with Gasteiger partial charge in [-0.3, -0.25) is 28.5 Å². The van der Waals surface area contributed by atoms with Crippen LogP contribution in [0.5, 0.6) is 5.88 Å². The number of pyridine rings is 1. The van der Waals surface area contributed by atoms with Gasteiger partial charge in [0.25, 0.3) is 5.56 Å². The summed E-state index contributed by atoms with van der Waals surface area (Å²) in [6, 6.07) is 3.27. The fourth-order valence-corrected chi connectivity index (χ4v) is 6.92. The van der Waals surface area contributed by atoms with Crippen molar-refractivity contribution in [1.29, 1.82) is 0 Å². The Labute approximate surface area is 299 Å². The number of aromatic nitrogens is 3. The lowest BCUT2D eigenvalue weighted by Crippen LogP contribution is -2.49. The van der Waals surface area contributed by atoms with Gasteiger partial charge in [-0.25, -0.2) is 13.2 Å². The van der Waals surface area contributed by atoms with Crippen LogP contribution in [0.15, 0.2) is 53.6 Å². The number of amides is 1. The van der Waals surface area contributed by atoms with Crippen molar-refractivity contribution in [2.45, 2.75) is 70.2 Å². The Morgan fingerprint density at radius 3 is 2.49 bits per heavy atom. The third-order valence-electron chi connectivity index (χ3n) is 9.87. The summed E-state index contributed by atoms with van der Waals surface area (Å²) in [5.74, 6) is -3.86. The number of likely N-dealkylation sites (tertiary alicyclic amines) is 1. The number of rotatable bonds is 8. The maximum Gasteiger partial charge on any atom is 0.416 e. The number of carbonyl (C=O) groups is 2. The SMILES string of the molecule is Cc1cc2cc(c1F)[C@@H](CC(=O)O)NC(=O)[C@@H](n1cc(CCN3CC(F)C3)c(C(F)(F)F)cc1=O)c1cc(ccc1F)COc1nn(CC3CC3)cc1-2. The number of hydrogen-bond donors (Lipinski definition) is 2. The number of carboxylic acids is 1. The van der Waals surface area contributed by atoms with Crippen LogP contribution in [0.3, 0.4) is 0 Å². The third-order valence-corrected chi connectivity index (χ3v) is 9.87. The zero-order chi connectivity index (χ0) is 37.8. The second kappa shape index (κ2) is 14.0. The molecular formula is C37H35F6N5O5. The van der Waals surface area contributed by atoms with E-state index in [1.807, 2.05) is 0 Å². The van der Waals surface area contributed by atoms with E-state index in [9.17, 15) is 37.1 Å². The van der Waals surface area contributed by atoms with Crippen molar-refractivity contribution in [1.82, 2.24) is 24.6 Å². The van der Waals surface area contributed by atoms with Crippen LogP contribution < -0.4 is 15.6 Å². The molecule has 4 bridgehead atoms. The molecule has 0 unspecified atom stereocenters. The molecule has 4 aromatic rings. The number of benzene rings is 2. The Balaban J connectivity index is 1.39. The molecule has 280 valence electrons. The van der Waals surface area contributed by atoms with E-state index in [0.717, 1.165) is 25.1 Å². The van der Waals surface area contributed by atoms with E-state index >= 15 is 8.78 Å². The Kier molecular flexibility index (Phi) is 9.59. The molecular weight excluding hydrogens is 708 g/mol. The number of carboxylic acid groups (broad SMARTS) is 1. The lowest BCUT2D eigenvalue weighted by Gasteiger charge is -2.34. The zero-order valence-corrected chi connectivity index (χ0v) is 28.4. The highest BCUT2D eigenvalue weighted by Crippen LogP contribution is 2.38. The number of aryl methyl sites for hydroxylation is 1. The van der Waals surface area contributed by atoms with Gasteiger partial charge < -0.3 is 15.2 Å². The summed E-state index contributed by atoms with van der Waals surface area (Å²) in [6.07, 6.45) is -2.60. The predicted molar refractivity (Wildman–Crippen MR) is 178 cm³/mol. The first-order chi connectivity index (χ1) is 25.1. The van der Waals surface area contributed by atoms with E-state index in [0.29, 0.717) is 39.8 Å². The van der Waals surface area contributed by atoms with Gasteiger partial charge in [-0.1, -0.05) is 6.07 Å². The van der Waals surface area contributed by atoms with Crippen LogP contribution in [0.2, 0.25) is 0 Å². The van der Waals surface area contributed by atoms with Gasteiger partial charge in [-0.05, 0) is 78.6 Å². The fourth-order valence-electron chi connectivity index (χ4n) is 6.92. The second-order valence-corrected chi connectivity index (χ2v) is 14.0. The molecule has 2 aromatic carbocycles. The van der Waals surface area contributed by atoms with Gasteiger partial charge in [0.2, 0.25) is 11.8 Å². The van der Waals surface area contributed by atoms with Crippen molar-refractivity contribution < 1.29 is 45.8 Å². The largest absolute Gasteiger partial charge is 0.481 e. The van der Waals surface area contributed by atoms with Gasteiger partial charge in [0, 0.05) is 55.8 Å². The Morgan fingerprint density at radius 2 is 1.81 bits per heavy atom. The monoisotopic (exact) mass is 743 g/mol. The molecule has 3 aliphatic rings. The number of aliphatic carboxylic acids is 1. The molecule has 2 fully saturated rings. The molecule has 10 nitrogen and oxygen atoms in total. The number of hydrogen-bond acceptors (Lipinski definition) is 6. The average Bonchev–Trinajstić information content (AvgIpc) is 3.80. The molecule has 16 heteroatoms. The van der Waals surface area contributed by atoms with Crippen LogP contribution in [-0.4, -0.2) is 62.0 Å². The highest BCUT2D eigenvalue weighted by atomic mass is 19.4. The summed E-state index contributed by atoms with van der Waals surface area (Å²) in [5.41, 5.74) is -2.34. The van der Waals surface area contributed by atoms with Crippen molar-refractivity contribution in [3.8, 4) is 17.0 Å². The molecule has 1 saturated carbocycles.